The molecule has 0 aliphatic carbocycles. The lowest BCUT2D eigenvalue weighted by Gasteiger charge is -2.47. The maximum atomic E-state index is 12.7. The number of aliphatic hydroxyl groups excluding tert-OH is 1. The number of methoxy groups -OCH3 is 1. The molecule has 2 N–H and O–H groups in total. The first-order chi connectivity index (χ1) is 12.7. The largest absolute Gasteiger partial charge is 0.465 e. The van der Waals surface area contributed by atoms with Crippen LogP contribution in [0.15, 0.2) is 30.3 Å². The minimum absolute atomic E-state index is 0.0481. The summed E-state index contributed by atoms with van der Waals surface area (Å²) in [6.45, 7) is 3.21. The highest BCUT2D eigenvalue weighted by atomic mass is 16.5. The lowest BCUT2D eigenvalue weighted by Crippen LogP contribution is -2.48. The summed E-state index contributed by atoms with van der Waals surface area (Å²) in [7, 11) is 1.44. The lowest BCUT2D eigenvalue weighted by molar-refractivity contribution is -0.133. The second-order valence-corrected chi connectivity index (χ2v) is 7.28. The molecule has 1 aromatic carbocycles. The van der Waals surface area contributed by atoms with Gasteiger partial charge in [-0.25, -0.2) is 4.79 Å². The maximum Gasteiger partial charge on any atom is 0.339 e. The Labute approximate surface area is 153 Å². The van der Waals surface area contributed by atoms with Gasteiger partial charge in [-0.3, -0.25) is 5.32 Å². The third kappa shape index (κ3) is 2.34. The van der Waals surface area contributed by atoms with Crippen molar-refractivity contribution in [2.24, 2.45) is 5.41 Å². The fraction of sp³-hybridized carbons (Fsp3) is 0.476. The molecule has 1 saturated heterocycles. The van der Waals surface area contributed by atoms with Gasteiger partial charge in [0.25, 0.3) is 0 Å². The van der Waals surface area contributed by atoms with E-state index in [-0.39, 0.29) is 24.2 Å². The Morgan fingerprint density at radius 1 is 1.42 bits per heavy atom. The molecule has 2 atom stereocenters. The van der Waals surface area contributed by atoms with Crippen LogP contribution in [0.2, 0.25) is 0 Å². The van der Waals surface area contributed by atoms with E-state index < -0.39 is 0 Å². The summed E-state index contributed by atoms with van der Waals surface area (Å²) in [5.41, 5.74) is 3.56. The number of para-hydroxylation sites is 1. The molecule has 0 bridgehead atoms. The van der Waals surface area contributed by atoms with Crippen LogP contribution in [0.3, 0.4) is 0 Å². The molecule has 138 valence electrons. The van der Waals surface area contributed by atoms with Crippen LogP contribution >= 0.6 is 0 Å². The highest BCUT2D eigenvalue weighted by Crippen LogP contribution is 2.51. The summed E-state index contributed by atoms with van der Waals surface area (Å²) in [5, 5.41) is 14.5. The molecule has 0 unspecified atom stereocenters. The average molecular weight is 354 g/mol. The number of nitrogens with zero attached hydrogens (tertiary/aromatic N) is 1. The van der Waals surface area contributed by atoms with Crippen LogP contribution in [0, 0.1) is 5.41 Å². The molecule has 0 amide bonds. The number of carbonyl (C=O) groups is 1. The number of ether oxygens (including phenoxy) is 1. The number of piperidine rings is 1. The Bertz CT molecular complexity index is 883. The number of aliphatic hydroxyl groups is 1. The normalized spacial score (nSPS) is 24.7. The smallest absolute Gasteiger partial charge is 0.339 e. The van der Waals surface area contributed by atoms with Gasteiger partial charge in [0.15, 0.2) is 0 Å². The van der Waals surface area contributed by atoms with E-state index >= 15 is 0 Å². The van der Waals surface area contributed by atoms with Crippen molar-refractivity contribution in [2.75, 3.05) is 20.3 Å². The van der Waals surface area contributed by atoms with Gasteiger partial charge in [0.1, 0.15) is 0 Å². The highest BCUT2D eigenvalue weighted by Gasteiger charge is 2.45. The van der Waals surface area contributed by atoms with E-state index in [4.69, 9.17) is 4.74 Å². The molecule has 26 heavy (non-hydrogen) atoms. The monoisotopic (exact) mass is 354 g/mol. The van der Waals surface area contributed by atoms with E-state index in [1.165, 1.54) is 7.11 Å². The molecular formula is C21H26N2O3. The molecule has 2 aliphatic heterocycles. The van der Waals surface area contributed by atoms with Gasteiger partial charge in [-0.2, -0.15) is 0 Å². The van der Waals surface area contributed by atoms with Crippen LogP contribution in [0.5, 0.6) is 0 Å². The lowest BCUT2D eigenvalue weighted by atomic mass is 9.71. The summed E-state index contributed by atoms with van der Waals surface area (Å²) < 4.78 is 7.43. The number of esters is 1. The molecule has 2 aliphatic rings. The number of hydrogen-bond acceptors (Lipinski definition) is 4. The summed E-state index contributed by atoms with van der Waals surface area (Å²) in [6.07, 6.45) is 5.86. The van der Waals surface area contributed by atoms with Gasteiger partial charge in [0, 0.05) is 17.4 Å². The third-order valence-electron chi connectivity index (χ3n) is 6.09. The van der Waals surface area contributed by atoms with Gasteiger partial charge >= 0.3 is 5.97 Å². The first-order valence-corrected chi connectivity index (χ1v) is 9.44. The number of benzene rings is 1. The van der Waals surface area contributed by atoms with Gasteiger partial charge in [0.2, 0.25) is 0 Å². The van der Waals surface area contributed by atoms with Crippen molar-refractivity contribution in [3.05, 3.63) is 41.6 Å². The van der Waals surface area contributed by atoms with Crippen molar-refractivity contribution in [1.29, 1.82) is 0 Å². The molecular weight excluding hydrogens is 328 g/mol. The van der Waals surface area contributed by atoms with E-state index in [1.54, 1.807) is 0 Å². The number of carbonyl (C=O) groups excluding carboxylic acids is 1. The highest BCUT2D eigenvalue weighted by molar-refractivity contribution is 6.18. The molecule has 5 nitrogen and oxygen atoms in total. The Morgan fingerprint density at radius 3 is 2.96 bits per heavy atom. The number of fused-ring (bicyclic) bond motifs is 5. The van der Waals surface area contributed by atoms with Crippen LogP contribution < -0.4 is 5.32 Å². The van der Waals surface area contributed by atoms with Crippen molar-refractivity contribution in [3.63, 3.8) is 0 Å². The van der Waals surface area contributed by atoms with Crippen molar-refractivity contribution >= 4 is 22.4 Å². The molecule has 5 heteroatoms. The predicted molar refractivity (Wildman–Crippen MR) is 102 cm³/mol. The second kappa shape index (κ2) is 6.56. The van der Waals surface area contributed by atoms with E-state index in [2.05, 4.69) is 35.0 Å². The fourth-order valence-electron chi connectivity index (χ4n) is 4.85. The van der Waals surface area contributed by atoms with Crippen molar-refractivity contribution in [1.82, 2.24) is 9.88 Å². The van der Waals surface area contributed by atoms with E-state index in [1.807, 2.05) is 12.1 Å². The first kappa shape index (κ1) is 17.3. The summed E-state index contributed by atoms with van der Waals surface area (Å²) in [5.74, 6) is -0.301. The van der Waals surface area contributed by atoms with Crippen LogP contribution in [-0.2, 0) is 16.0 Å². The predicted octanol–water partition coefficient (Wildman–Crippen LogP) is 3.02. The molecule has 0 radical (unpaired) electrons. The average Bonchev–Trinajstić information content (AvgIpc) is 3.02. The zero-order valence-electron chi connectivity index (χ0n) is 15.4. The molecule has 2 aromatic rings. The summed E-state index contributed by atoms with van der Waals surface area (Å²) in [4.78, 5) is 12.7. The van der Waals surface area contributed by atoms with Crippen molar-refractivity contribution < 1.29 is 14.6 Å². The van der Waals surface area contributed by atoms with Gasteiger partial charge in [-0.05, 0) is 43.9 Å². The van der Waals surface area contributed by atoms with Crippen LogP contribution in [0.1, 0.15) is 43.6 Å². The molecule has 0 saturated carbocycles. The minimum Gasteiger partial charge on any atom is -0.465 e. The van der Waals surface area contributed by atoms with Gasteiger partial charge in [-0.1, -0.05) is 31.2 Å². The summed E-state index contributed by atoms with van der Waals surface area (Å²) in [6, 6.07) is 8.23. The van der Waals surface area contributed by atoms with E-state index in [9.17, 15) is 9.90 Å². The van der Waals surface area contributed by atoms with Gasteiger partial charge in [-0.15, -0.1) is 0 Å². The zero-order chi connectivity index (χ0) is 18.3. The zero-order valence-corrected chi connectivity index (χ0v) is 15.4. The molecule has 3 heterocycles. The number of aromatic nitrogens is 1. The fourth-order valence-corrected chi connectivity index (χ4v) is 4.85. The number of hydrogen-bond donors (Lipinski definition) is 2. The number of nitrogens with one attached hydrogen (secondary N) is 1. The standard InChI is InChI=1S/C21H26N2O3/c1-3-21-10-6-11-22-20(21)23-17-8-5-4-7-14(17)15(9-12-24)18(23)16(13-21)19(25)26-2/h4-5,7-8,13,20,22,24H,3,6,9-12H2,1-2H3/t20-,21+/m1/s1. The van der Waals surface area contributed by atoms with E-state index in [0.717, 1.165) is 48.0 Å². The molecule has 1 aromatic heterocycles. The topological polar surface area (TPSA) is 63.5 Å². The molecule has 1 fully saturated rings. The van der Waals surface area contributed by atoms with Crippen molar-refractivity contribution in [2.45, 2.75) is 38.8 Å². The second-order valence-electron chi connectivity index (χ2n) is 7.28. The SMILES string of the molecule is CC[C@]12C=C(C(=O)OC)c3c(CCO)c4ccccc4n3[C@H]1NCCC2. The Balaban J connectivity index is 2.08. The maximum absolute atomic E-state index is 12.7. The van der Waals surface area contributed by atoms with Crippen LogP contribution in [0.4, 0.5) is 0 Å². The molecule has 0 spiro atoms. The quantitative estimate of drug-likeness (QED) is 0.829. The van der Waals surface area contributed by atoms with Crippen LogP contribution in [-0.4, -0.2) is 35.9 Å². The molecule has 4 rings (SSSR count). The van der Waals surface area contributed by atoms with Gasteiger partial charge < -0.3 is 14.4 Å². The summed E-state index contributed by atoms with van der Waals surface area (Å²) >= 11 is 0. The van der Waals surface area contributed by atoms with Crippen molar-refractivity contribution in [3.8, 4) is 0 Å². The Kier molecular flexibility index (Phi) is 4.37. The van der Waals surface area contributed by atoms with E-state index in [0.29, 0.717) is 12.0 Å². The van der Waals surface area contributed by atoms with Gasteiger partial charge in [0.05, 0.1) is 30.1 Å². The van der Waals surface area contributed by atoms with Crippen LogP contribution in [0.25, 0.3) is 16.5 Å². The Morgan fingerprint density at radius 2 is 2.23 bits per heavy atom. The third-order valence-corrected chi connectivity index (χ3v) is 6.09. The Hall–Kier alpha value is -2.11. The minimum atomic E-state index is -0.301. The number of rotatable bonds is 4. The first-order valence-electron chi connectivity index (χ1n) is 9.44.